The minimum absolute atomic E-state index is 0.182. The van der Waals surface area contributed by atoms with Gasteiger partial charge in [0, 0.05) is 61.6 Å². The van der Waals surface area contributed by atoms with Gasteiger partial charge in [0.1, 0.15) is 5.52 Å². The van der Waals surface area contributed by atoms with Gasteiger partial charge in [-0.3, -0.25) is 14.5 Å². The highest BCUT2D eigenvalue weighted by molar-refractivity contribution is 6.04. The van der Waals surface area contributed by atoms with E-state index in [1.165, 1.54) is 0 Å². The molecule has 38 heavy (non-hydrogen) atoms. The number of aryl methyl sites for hydroxylation is 2. The highest BCUT2D eigenvalue weighted by atomic mass is 16.5. The number of hydrogen-bond acceptors (Lipinski definition) is 7. The van der Waals surface area contributed by atoms with E-state index in [0.717, 1.165) is 55.2 Å². The van der Waals surface area contributed by atoms with Crippen molar-refractivity contribution in [1.29, 1.82) is 0 Å². The van der Waals surface area contributed by atoms with Crippen molar-refractivity contribution < 1.29 is 9.53 Å². The molecule has 1 aliphatic rings. The summed E-state index contributed by atoms with van der Waals surface area (Å²) in [6.07, 6.45) is 1.68. The molecule has 0 atom stereocenters. The van der Waals surface area contributed by atoms with E-state index < -0.39 is 0 Å². The van der Waals surface area contributed by atoms with Gasteiger partial charge in [0.15, 0.2) is 0 Å². The number of pyridine rings is 1. The quantitative estimate of drug-likeness (QED) is 0.390. The van der Waals surface area contributed by atoms with Gasteiger partial charge in [-0.05, 0) is 49.7 Å². The van der Waals surface area contributed by atoms with Crippen LogP contribution in [0.5, 0.6) is 0 Å². The summed E-state index contributed by atoms with van der Waals surface area (Å²) in [5, 5.41) is 6.87. The van der Waals surface area contributed by atoms with Gasteiger partial charge in [-0.25, -0.2) is 9.97 Å². The number of nitrogens with zero attached hydrogens (tertiary/aromatic N) is 4. The number of carbonyl (C=O) groups is 1. The Hall–Kier alpha value is -4.08. The van der Waals surface area contributed by atoms with E-state index in [9.17, 15) is 9.59 Å². The van der Waals surface area contributed by atoms with Crippen LogP contribution in [0.3, 0.4) is 0 Å². The molecule has 9 nitrogen and oxygen atoms in total. The van der Waals surface area contributed by atoms with Crippen LogP contribution in [0, 0.1) is 13.8 Å². The Morgan fingerprint density at radius 1 is 1.08 bits per heavy atom. The summed E-state index contributed by atoms with van der Waals surface area (Å²) in [5.74, 6) is 0.255. The van der Waals surface area contributed by atoms with Gasteiger partial charge >= 0.3 is 0 Å². The fourth-order valence-corrected chi connectivity index (χ4v) is 4.64. The zero-order valence-corrected chi connectivity index (χ0v) is 22.0. The van der Waals surface area contributed by atoms with Crippen molar-refractivity contribution in [2.24, 2.45) is 7.05 Å². The fraction of sp³-hybridized carbons (Fsp3) is 0.310. The van der Waals surface area contributed by atoms with Crippen LogP contribution < -0.4 is 16.2 Å². The maximum atomic E-state index is 13.3. The largest absolute Gasteiger partial charge is 0.379 e. The second kappa shape index (κ2) is 11.1. The molecule has 5 rings (SSSR count). The lowest BCUT2D eigenvalue weighted by atomic mass is 10.0. The molecule has 0 radical (unpaired) electrons. The Balaban J connectivity index is 1.38. The molecule has 0 spiro atoms. The normalized spacial score (nSPS) is 14.0. The Morgan fingerprint density at radius 3 is 2.68 bits per heavy atom. The van der Waals surface area contributed by atoms with Crippen LogP contribution in [-0.4, -0.2) is 64.7 Å². The van der Waals surface area contributed by atoms with Crippen LogP contribution in [0.4, 0.5) is 11.6 Å². The number of ether oxygens (including phenoxy) is 1. The molecule has 1 fully saturated rings. The lowest BCUT2D eigenvalue weighted by Crippen LogP contribution is -2.39. The van der Waals surface area contributed by atoms with E-state index in [1.54, 1.807) is 23.9 Å². The van der Waals surface area contributed by atoms with Crippen LogP contribution in [-0.2, 0) is 11.8 Å². The number of aromatic nitrogens is 3. The standard InChI is InChI=1S/C29H32N6O3/c1-19-5-4-6-21(15-19)27(36)32-23-8-7-20(2)24(17-23)25-16-22-18-31-29(33-26(22)28(37)34(25)3)30-9-10-35-11-13-38-14-12-35/h4-8,15-18H,9-14H2,1-3H3,(H,32,36)(H,30,31,33). The second-order valence-electron chi connectivity index (χ2n) is 9.63. The van der Waals surface area contributed by atoms with E-state index in [-0.39, 0.29) is 11.5 Å². The number of morpholine rings is 1. The number of nitrogens with one attached hydrogen (secondary N) is 2. The zero-order valence-electron chi connectivity index (χ0n) is 22.0. The minimum atomic E-state index is -0.204. The lowest BCUT2D eigenvalue weighted by molar-refractivity contribution is 0.0398. The number of benzene rings is 2. The van der Waals surface area contributed by atoms with Crippen LogP contribution in [0.1, 0.15) is 21.5 Å². The summed E-state index contributed by atoms with van der Waals surface area (Å²) in [4.78, 5) is 37.4. The molecule has 3 heterocycles. The average Bonchev–Trinajstić information content (AvgIpc) is 2.92. The van der Waals surface area contributed by atoms with Crippen molar-refractivity contribution in [1.82, 2.24) is 19.4 Å². The summed E-state index contributed by atoms with van der Waals surface area (Å²) in [6, 6.07) is 15.1. The molecule has 196 valence electrons. The topological polar surface area (TPSA) is 101 Å². The van der Waals surface area contributed by atoms with Gasteiger partial charge in [0.05, 0.1) is 18.9 Å². The molecule has 0 saturated carbocycles. The SMILES string of the molecule is Cc1cccc(C(=O)Nc2ccc(C)c(-c3cc4cnc(NCCN5CCOCC5)nc4c(=O)n3C)c2)c1. The first kappa shape index (κ1) is 25.6. The molecule has 2 N–H and O–H groups in total. The predicted molar refractivity (Wildman–Crippen MR) is 150 cm³/mol. The van der Waals surface area contributed by atoms with Crippen molar-refractivity contribution in [2.45, 2.75) is 13.8 Å². The highest BCUT2D eigenvalue weighted by Crippen LogP contribution is 2.28. The lowest BCUT2D eigenvalue weighted by Gasteiger charge is -2.26. The van der Waals surface area contributed by atoms with Crippen LogP contribution in [0.15, 0.2) is 59.5 Å². The molecule has 0 bridgehead atoms. The fourth-order valence-electron chi connectivity index (χ4n) is 4.64. The van der Waals surface area contributed by atoms with Crippen LogP contribution >= 0.6 is 0 Å². The minimum Gasteiger partial charge on any atom is -0.379 e. The van der Waals surface area contributed by atoms with E-state index in [4.69, 9.17) is 4.74 Å². The monoisotopic (exact) mass is 512 g/mol. The molecular weight excluding hydrogens is 480 g/mol. The molecule has 4 aromatic rings. The maximum absolute atomic E-state index is 13.3. The van der Waals surface area contributed by atoms with Crippen LogP contribution in [0.2, 0.25) is 0 Å². The smallest absolute Gasteiger partial charge is 0.277 e. The molecule has 0 unspecified atom stereocenters. The molecule has 2 aromatic heterocycles. The Kier molecular flexibility index (Phi) is 7.48. The summed E-state index contributed by atoms with van der Waals surface area (Å²) in [7, 11) is 1.74. The van der Waals surface area contributed by atoms with Crippen molar-refractivity contribution >= 4 is 28.4 Å². The number of anilines is 2. The van der Waals surface area contributed by atoms with Crippen molar-refractivity contribution in [3.05, 3.63) is 81.8 Å². The molecule has 1 amide bonds. The van der Waals surface area contributed by atoms with Gasteiger partial charge in [0.2, 0.25) is 5.95 Å². The Labute approximate surface area is 221 Å². The molecule has 1 aliphatic heterocycles. The summed E-state index contributed by atoms with van der Waals surface area (Å²) in [6.45, 7) is 8.82. The second-order valence-corrected chi connectivity index (χ2v) is 9.63. The van der Waals surface area contributed by atoms with Crippen LogP contribution in [0.25, 0.3) is 22.2 Å². The summed E-state index contributed by atoms with van der Waals surface area (Å²) >= 11 is 0. The Bertz CT molecular complexity index is 1540. The zero-order chi connectivity index (χ0) is 26.6. The molecule has 1 saturated heterocycles. The number of rotatable bonds is 7. The molecule has 9 heteroatoms. The third-order valence-electron chi connectivity index (χ3n) is 6.84. The third-order valence-corrected chi connectivity index (χ3v) is 6.84. The number of carbonyl (C=O) groups excluding carboxylic acids is 1. The summed E-state index contributed by atoms with van der Waals surface area (Å²) < 4.78 is 6.99. The van der Waals surface area contributed by atoms with Crippen molar-refractivity contribution in [3.8, 4) is 11.3 Å². The number of hydrogen-bond donors (Lipinski definition) is 2. The van der Waals surface area contributed by atoms with Gasteiger partial charge in [-0.15, -0.1) is 0 Å². The van der Waals surface area contributed by atoms with E-state index in [2.05, 4.69) is 25.5 Å². The first-order valence-corrected chi connectivity index (χ1v) is 12.8. The number of fused-ring (bicyclic) bond motifs is 1. The molecule has 2 aromatic carbocycles. The van der Waals surface area contributed by atoms with Crippen molar-refractivity contribution in [3.63, 3.8) is 0 Å². The first-order chi connectivity index (χ1) is 18.4. The molecule has 0 aliphatic carbocycles. The third kappa shape index (κ3) is 5.58. The van der Waals surface area contributed by atoms with Gasteiger partial charge in [-0.1, -0.05) is 23.8 Å². The van der Waals surface area contributed by atoms with Gasteiger partial charge in [0.25, 0.3) is 11.5 Å². The van der Waals surface area contributed by atoms with E-state index >= 15 is 0 Å². The average molecular weight is 513 g/mol. The highest BCUT2D eigenvalue weighted by Gasteiger charge is 2.15. The van der Waals surface area contributed by atoms with Crippen molar-refractivity contribution in [2.75, 3.05) is 50.0 Å². The van der Waals surface area contributed by atoms with Gasteiger partial charge < -0.3 is 19.9 Å². The maximum Gasteiger partial charge on any atom is 0.277 e. The van der Waals surface area contributed by atoms with E-state index in [0.29, 0.717) is 34.6 Å². The van der Waals surface area contributed by atoms with Gasteiger partial charge in [-0.2, -0.15) is 0 Å². The number of amides is 1. The summed E-state index contributed by atoms with van der Waals surface area (Å²) in [5.41, 5.74) is 4.98. The first-order valence-electron chi connectivity index (χ1n) is 12.8. The molecular formula is C29H32N6O3. The van der Waals surface area contributed by atoms with E-state index in [1.807, 2.05) is 56.3 Å². The predicted octanol–water partition coefficient (Wildman–Crippen LogP) is 3.61. The Morgan fingerprint density at radius 2 is 1.89 bits per heavy atom.